The van der Waals surface area contributed by atoms with Gasteiger partial charge in [-0.05, 0) is 37.7 Å². The second kappa shape index (κ2) is 9.15. The Morgan fingerprint density at radius 1 is 1.07 bits per heavy atom. The Hall–Kier alpha value is -2.43. The predicted octanol–water partition coefficient (Wildman–Crippen LogP) is 4.87. The third-order valence-electron chi connectivity index (χ3n) is 5.56. The Bertz CT molecular complexity index is 879. The number of hydrogen-bond donors (Lipinski definition) is 0. The van der Waals surface area contributed by atoms with Crippen molar-refractivity contribution in [1.82, 2.24) is 14.9 Å². The van der Waals surface area contributed by atoms with E-state index < -0.39 is 0 Å². The number of aromatic nitrogens is 2. The highest BCUT2D eigenvalue weighted by Gasteiger charge is 2.25. The van der Waals surface area contributed by atoms with Crippen LogP contribution in [0.15, 0.2) is 30.3 Å². The molecule has 0 aliphatic carbocycles. The molecule has 0 radical (unpaired) electrons. The van der Waals surface area contributed by atoms with E-state index in [1.54, 1.807) is 0 Å². The first-order chi connectivity index (χ1) is 14.1. The summed E-state index contributed by atoms with van der Waals surface area (Å²) in [6, 6.07) is 10.3. The van der Waals surface area contributed by atoms with E-state index in [4.69, 9.17) is 4.98 Å². The molecule has 162 valence electrons. The largest absolute Gasteiger partial charge is 0.353 e. The molecular weight excluding hydrogens is 372 g/mol. The maximum absolute atomic E-state index is 12.7. The number of piperazine rings is 1. The van der Waals surface area contributed by atoms with Crippen LogP contribution in [-0.4, -0.2) is 47.0 Å². The van der Waals surface area contributed by atoms with E-state index in [0.29, 0.717) is 12.3 Å². The molecule has 1 fully saturated rings. The van der Waals surface area contributed by atoms with Crippen molar-refractivity contribution in [2.45, 2.75) is 54.4 Å². The molecule has 0 bridgehead atoms. The van der Waals surface area contributed by atoms with E-state index in [9.17, 15) is 4.79 Å². The zero-order chi connectivity index (χ0) is 21.9. The lowest BCUT2D eigenvalue weighted by Gasteiger charge is -2.36. The Balaban J connectivity index is 1.63. The molecule has 1 unspecified atom stereocenters. The summed E-state index contributed by atoms with van der Waals surface area (Å²) in [7, 11) is 0. The molecule has 1 aliphatic heterocycles. The summed E-state index contributed by atoms with van der Waals surface area (Å²) in [4.78, 5) is 26.5. The van der Waals surface area contributed by atoms with E-state index in [1.165, 1.54) is 5.56 Å². The third-order valence-corrected chi connectivity index (χ3v) is 5.56. The lowest BCUT2D eigenvalue weighted by Crippen LogP contribution is -2.49. The van der Waals surface area contributed by atoms with E-state index in [0.717, 1.165) is 55.5 Å². The smallest absolute Gasteiger partial charge is 0.222 e. The SMILES string of the molecule is Cc1cccc(-c2nc(C)cc(N3CCN(C(=O)CC(C)CC(C)(C)C)CC3)n2)c1. The number of benzene rings is 1. The summed E-state index contributed by atoms with van der Waals surface area (Å²) < 4.78 is 0. The zero-order valence-corrected chi connectivity index (χ0v) is 19.4. The van der Waals surface area contributed by atoms with Gasteiger partial charge in [0.05, 0.1) is 0 Å². The molecule has 5 heteroatoms. The molecule has 0 saturated carbocycles. The Kier molecular flexibility index (Phi) is 6.79. The van der Waals surface area contributed by atoms with Gasteiger partial charge in [-0.3, -0.25) is 4.79 Å². The van der Waals surface area contributed by atoms with Gasteiger partial charge in [0.15, 0.2) is 5.82 Å². The normalized spacial score (nSPS) is 15.9. The summed E-state index contributed by atoms with van der Waals surface area (Å²) in [6.45, 7) is 16.1. The molecule has 0 spiro atoms. The fraction of sp³-hybridized carbons (Fsp3) is 0.560. The highest BCUT2D eigenvalue weighted by Crippen LogP contribution is 2.27. The van der Waals surface area contributed by atoms with Gasteiger partial charge in [0, 0.05) is 49.9 Å². The molecule has 1 aromatic heterocycles. The number of aryl methyl sites for hydroxylation is 2. The summed E-state index contributed by atoms with van der Waals surface area (Å²) in [5.74, 6) is 2.41. The van der Waals surface area contributed by atoms with Crippen LogP contribution in [0.2, 0.25) is 0 Å². The summed E-state index contributed by atoms with van der Waals surface area (Å²) in [5, 5.41) is 0. The summed E-state index contributed by atoms with van der Waals surface area (Å²) in [6.07, 6.45) is 1.71. The topological polar surface area (TPSA) is 49.3 Å². The van der Waals surface area contributed by atoms with Gasteiger partial charge < -0.3 is 9.80 Å². The van der Waals surface area contributed by atoms with Gasteiger partial charge in [0.25, 0.3) is 0 Å². The van der Waals surface area contributed by atoms with Gasteiger partial charge in [0.2, 0.25) is 5.91 Å². The van der Waals surface area contributed by atoms with Crippen LogP contribution in [0.25, 0.3) is 11.4 Å². The number of hydrogen-bond acceptors (Lipinski definition) is 4. The second-order valence-electron chi connectivity index (χ2n) is 10.0. The van der Waals surface area contributed by atoms with Crippen LogP contribution in [0.4, 0.5) is 5.82 Å². The molecule has 5 nitrogen and oxygen atoms in total. The van der Waals surface area contributed by atoms with Crippen LogP contribution in [0.5, 0.6) is 0 Å². The number of nitrogens with zero attached hydrogens (tertiary/aromatic N) is 4. The summed E-state index contributed by atoms with van der Waals surface area (Å²) >= 11 is 0. The fourth-order valence-corrected chi connectivity index (χ4v) is 4.36. The first-order valence-electron chi connectivity index (χ1n) is 11.1. The molecule has 1 atom stereocenters. The van der Waals surface area contributed by atoms with Gasteiger partial charge in [-0.15, -0.1) is 0 Å². The number of carbonyl (C=O) groups is 1. The third kappa shape index (κ3) is 6.04. The Labute approximate surface area is 181 Å². The van der Waals surface area contributed by atoms with Crippen molar-refractivity contribution in [1.29, 1.82) is 0 Å². The standard InChI is InChI=1S/C25H36N4O/c1-18-8-7-9-21(14-18)24-26-20(3)16-22(27-24)28-10-12-29(13-11-28)23(30)15-19(2)17-25(4,5)6/h7-9,14,16,19H,10-13,15,17H2,1-6H3. The van der Waals surface area contributed by atoms with E-state index >= 15 is 0 Å². The van der Waals surface area contributed by atoms with Crippen molar-refractivity contribution in [2.24, 2.45) is 11.3 Å². The highest BCUT2D eigenvalue weighted by molar-refractivity contribution is 5.76. The maximum atomic E-state index is 12.7. The molecule has 30 heavy (non-hydrogen) atoms. The molecule has 3 rings (SSSR count). The number of amides is 1. The van der Waals surface area contributed by atoms with Crippen molar-refractivity contribution < 1.29 is 4.79 Å². The van der Waals surface area contributed by atoms with Crippen molar-refractivity contribution in [3.63, 3.8) is 0 Å². The van der Waals surface area contributed by atoms with E-state index in [-0.39, 0.29) is 11.3 Å². The van der Waals surface area contributed by atoms with Crippen molar-refractivity contribution >= 4 is 11.7 Å². The average Bonchev–Trinajstić information content (AvgIpc) is 2.66. The zero-order valence-electron chi connectivity index (χ0n) is 19.4. The second-order valence-corrected chi connectivity index (χ2v) is 10.0. The van der Waals surface area contributed by atoms with Crippen LogP contribution in [0.3, 0.4) is 0 Å². The van der Waals surface area contributed by atoms with Crippen LogP contribution in [-0.2, 0) is 4.79 Å². The van der Waals surface area contributed by atoms with Crippen LogP contribution >= 0.6 is 0 Å². The van der Waals surface area contributed by atoms with Gasteiger partial charge in [-0.2, -0.15) is 0 Å². The average molecular weight is 409 g/mol. The van der Waals surface area contributed by atoms with Gasteiger partial charge in [-0.1, -0.05) is 51.5 Å². The van der Waals surface area contributed by atoms with Crippen molar-refractivity contribution in [3.8, 4) is 11.4 Å². The van der Waals surface area contributed by atoms with E-state index in [2.05, 4.69) is 62.7 Å². The minimum absolute atomic E-state index is 0.262. The Morgan fingerprint density at radius 2 is 1.77 bits per heavy atom. The van der Waals surface area contributed by atoms with Gasteiger partial charge in [0.1, 0.15) is 5.82 Å². The molecule has 1 amide bonds. The molecule has 2 heterocycles. The predicted molar refractivity (Wildman–Crippen MR) is 124 cm³/mol. The molecule has 0 N–H and O–H groups in total. The first-order valence-corrected chi connectivity index (χ1v) is 11.1. The molecule has 1 saturated heterocycles. The lowest BCUT2D eigenvalue weighted by molar-refractivity contribution is -0.132. The van der Waals surface area contributed by atoms with Crippen LogP contribution in [0, 0.1) is 25.2 Å². The van der Waals surface area contributed by atoms with Gasteiger partial charge in [-0.25, -0.2) is 9.97 Å². The highest BCUT2D eigenvalue weighted by atomic mass is 16.2. The quantitative estimate of drug-likeness (QED) is 0.708. The maximum Gasteiger partial charge on any atom is 0.222 e. The monoisotopic (exact) mass is 408 g/mol. The van der Waals surface area contributed by atoms with E-state index in [1.807, 2.05) is 24.0 Å². The first kappa shape index (κ1) is 22.3. The number of anilines is 1. The fourth-order valence-electron chi connectivity index (χ4n) is 4.36. The minimum atomic E-state index is 0.262. The van der Waals surface area contributed by atoms with Crippen molar-refractivity contribution in [3.05, 3.63) is 41.6 Å². The lowest BCUT2D eigenvalue weighted by atomic mass is 9.84. The van der Waals surface area contributed by atoms with Gasteiger partial charge >= 0.3 is 0 Å². The molecule has 1 aromatic carbocycles. The van der Waals surface area contributed by atoms with Crippen LogP contribution < -0.4 is 4.90 Å². The molecule has 2 aromatic rings. The van der Waals surface area contributed by atoms with Crippen LogP contribution in [0.1, 0.15) is 51.8 Å². The number of rotatable bonds is 5. The minimum Gasteiger partial charge on any atom is -0.353 e. The Morgan fingerprint density at radius 3 is 2.40 bits per heavy atom. The summed E-state index contributed by atoms with van der Waals surface area (Å²) in [5.41, 5.74) is 3.47. The molecular formula is C25H36N4O. The van der Waals surface area contributed by atoms with Crippen molar-refractivity contribution in [2.75, 3.05) is 31.1 Å². The molecule has 1 aliphatic rings. The number of carbonyl (C=O) groups excluding carboxylic acids is 1.